The first-order chi connectivity index (χ1) is 10.0. The van der Waals surface area contributed by atoms with Crippen molar-refractivity contribution in [3.63, 3.8) is 0 Å². The van der Waals surface area contributed by atoms with Gasteiger partial charge in [-0.05, 0) is 30.0 Å². The molecule has 1 unspecified atom stereocenters. The van der Waals surface area contributed by atoms with E-state index in [1.807, 2.05) is 24.4 Å². The summed E-state index contributed by atoms with van der Waals surface area (Å²) in [6.45, 7) is 1.97. The fraction of sp³-hybridized carbons (Fsp3) is 0.214. The Morgan fingerprint density at radius 2 is 2.24 bits per heavy atom. The molecule has 0 saturated heterocycles. The van der Waals surface area contributed by atoms with E-state index in [-0.39, 0.29) is 28.9 Å². The van der Waals surface area contributed by atoms with Crippen LogP contribution in [-0.4, -0.2) is 10.8 Å². The van der Waals surface area contributed by atoms with E-state index >= 15 is 0 Å². The maximum absolute atomic E-state index is 12.2. The van der Waals surface area contributed by atoms with Crippen LogP contribution in [0.4, 0.5) is 11.4 Å². The number of nitrogens with one attached hydrogen (secondary N) is 1. The molecule has 0 bridgehead atoms. The number of nitro groups is 1. The number of nitro benzene ring substituents is 1. The summed E-state index contributed by atoms with van der Waals surface area (Å²) in [6.07, 6.45) is 0.739. The lowest BCUT2D eigenvalue weighted by molar-refractivity contribution is -0.383. The molecule has 2 aromatic rings. The molecule has 0 aliphatic carbocycles. The molecular formula is C14H15N3O3S. The van der Waals surface area contributed by atoms with Gasteiger partial charge in [-0.25, -0.2) is 0 Å². The van der Waals surface area contributed by atoms with E-state index in [1.165, 1.54) is 18.2 Å². The van der Waals surface area contributed by atoms with Crippen molar-refractivity contribution < 1.29 is 9.72 Å². The predicted molar refractivity (Wildman–Crippen MR) is 82.3 cm³/mol. The molecular weight excluding hydrogens is 290 g/mol. The first-order valence-electron chi connectivity index (χ1n) is 6.41. The second kappa shape index (κ2) is 6.36. The van der Waals surface area contributed by atoms with Gasteiger partial charge in [-0.2, -0.15) is 0 Å². The molecule has 0 radical (unpaired) electrons. The molecule has 1 aromatic carbocycles. The van der Waals surface area contributed by atoms with Crippen LogP contribution < -0.4 is 11.1 Å². The summed E-state index contributed by atoms with van der Waals surface area (Å²) in [5.74, 6) is -0.349. The van der Waals surface area contributed by atoms with E-state index in [2.05, 4.69) is 5.32 Å². The van der Waals surface area contributed by atoms with Gasteiger partial charge in [0.2, 0.25) is 0 Å². The largest absolute Gasteiger partial charge is 0.393 e. The number of nitrogen functional groups attached to an aromatic ring is 1. The van der Waals surface area contributed by atoms with Crippen LogP contribution in [0, 0.1) is 10.1 Å². The molecule has 1 amide bonds. The average Bonchev–Trinajstić information content (AvgIpc) is 2.98. The zero-order valence-electron chi connectivity index (χ0n) is 11.4. The Hall–Kier alpha value is -2.41. The summed E-state index contributed by atoms with van der Waals surface area (Å²) >= 11 is 1.56. The Balaban J connectivity index is 2.20. The monoisotopic (exact) mass is 305 g/mol. The molecule has 0 saturated carbocycles. The van der Waals surface area contributed by atoms with Crippen LogP contribution in [-0.2, 0) is 0 Å². The quantitative estimate of drug-likeness (QED) is 0.503. The lowest BCUT2D eigenvalue weighted by atomic mass is 10.1. The second-order valence-electron chi connectivity index (χ2n) is 4.48. The molecule has 3 N–H and O–H groups in total. The molecule has 7 heteroatoms. The Morgan fingerprint density at radius 1 is 1.48 bits per heavy atom. The van der Waals surface area contributed by atoms with Gasteiger partial charge < -0.3 is 11.1 Å². The van der Waals surface area contributed by atoms with Crippen molar-refractivity contribution in [1.29, 1.82) is 0 Å². The summed E-state index contributed by atoms with van der Waals surface area (Å²) in [4.78, 5) is 23.5. The fourth-order valence-electron chi connectivity index (χ4n) is 1.95. The highest BCUT2D eigenvalue weighted by Gasteiger charge is 2.18. The van der Waals surface area contributed by atoms with Crippen LogP contribution in [0.2, 0.25) is 0 Å². The third-order valence-corrected chi connectivity index (χ3v) is 4.08. The summed E-state index contributed by atoms with van der Waals surface area (Å²) in [5, 5.41) is 15.7. The second-order valence-corrected chi connectivity index (χ2v) is 5.46. The normalized spacial score (nSPS) is 11.9. The smallest absolute Gasteiger partial charge is 0.292 e. The molecule has 1 aromatic heterocycles. The van der Waals surface area contributed by atoms with Crippen LogP contribution >= 0.6 is 11.3 Å². The number of benzene rings is 1. The number of anilines is 1. The molecule has 1 heterocycles. The Kier molecular flexibility index (Phi) is 4.54. The molecule has 110 valence electrons. The number of nitrogens with two attached hydrogens (primary N) is 1. The van der Waals surface area contributed by atoms with Crippen LogP contribution in [0.1, 0.15) is 34.6 Å². The number of rotatable bonds is 5. The predicted octanol–water partition coefficient (Wildman–Crippen LogP) is 3.12. The molecule has 0 aliphatic heterocycles. The number of carbonyl (C=O) groups is 1. The molecule has 0 spiro atoms. The van der Waals surface area contributed by atoms with Crippen LogP contribution in [0.15, 0.2) is 35.7 Å². The van der Waals surface area contributed by atoms with Gasteiger partial charge in [0.1, 0.15) is 5.69 Å². The zero-order valence-corrected chi connectivity index (χ0v) is 12.2. The van der Waals surface area contributed by atoms with Crippen molar-refractivity contribution in [3.8, 4) is 0 Å². The molecule has 1 atom stereocenters. The number of amides is 1. The molecule has 6 nitrogen and oxygen atoms in total. The topological polar surface area (TPSA) is 98.3 Å². The van der Waals surface area contributed by atoms with Crippen LogP contribution in [0.3, 0.4) is 0 Å². The summed E-state index contributed by atoms with van der Waals surface area (Å²) < 4.78 is 0. The summed E-state index contributed by atoms with van der Waals surface area (Å²) in [5.41, 5.74) is 5.54. The van der Waals surface area contributed by atoms with E-state index in [0.717, 1.165) is 11.3 Å². The third kappa shape index (κ3) is 3.38. The minimum absolute atomic E-state index is 0.0434. The van der Waals surface area contributed by atoms with Gasteiger partial charge in [-0.1, -0.05) is 13.0 Å². The third-order valence-electron chi connectivity index (χ3n) is 3.09. The van der Waals surface area contributed by atoms with Crippen LogP contribution in [0.5, 0.6) is 0 Å². The van der Waals surface area contributed by atoms with Crippen molar-refractivity contribution in [2.45, 2.75) is 19.4 Å². The Bertz CT molecular complexity index is 655. The van der Waals surface area contributed by atoms with Crippen LogP contribution in [0.25, 0.3) is 0 Å². The van der Waals surface area contributed by atoms with Crippen molar-refractivity contribution in [3.05, 3.63) is 56.3 Å². The molecule has 21 heavy (non-hydrogen) atoms. The van der Waals surface area contributed by atoms with Gasteiger partial charge in [0.25, 0.3) is 11.6 Å². The van der Waals surface area contributed by atoms with Crippen molar-refractivity contribution in [2.75, 3.05) is 5.73 Å². The highest BCUT2D eigenvalue weighted by molar-refractivity contribution is 7.10. The summed E-state index contributed by atoms with van der Waals surface area (Å²) in [7, 11) is 0. The maximum atomic E-state index is 12.2. The Morgan fingerprint density at radius 3 is 2.81 bits per heavy atom. The lowest BCUT2D eigenvalue weighted by Gasteiger charge is -2.15. The highest BCUT2D eigenvalue weighted by Crippen LogP contribution is 2.25. The van der Waals surface area contributed by atoms with Gasteiger partial charge in [0.15, 0.2) is 0 Å². The number of hydrogen-bond donors (Lipinski definition) is 2. The lowest BCUT2D eigenvalue weighted by Crippen LogP contribution is -2.27. The first kappa shape index (κ1) is 15.0. The molecule has 2 rings (SSSR count). The van der Waals surface area contributed by atoms with Crippen molar-refractivity contribution in [2.24, 2.45) is 0 Å². The van der Waals surface area contributed by atoms with E-state index in [1.54, 1.807) is 11.3 Å². The Labute approximate surface area is 125 Å². The minimum Gasteiger partial charge on any atom is -0.393 e. The van der Waals surface area contributed by atoms with Gasteiger partial charge in [0, 0.05) is 16.5 Å². The number of nitrogens with zero attached hydrogens (tertiary/aromatic N) is 1. The van der Waals surface area contributed by atoms with Gasteiger partial charge in [-0.3, -0.25) is 14.9 Å². The highest BCUT2D eigenvalue weighted by atomic mass is 32.1. The molecule has 0 aliphatic rings. The van der Waals surface area contributed by atoms with Gasteiger partial charge in [-0.15, -0.1) is 11.3 Å². The van der Waals surface area contributed by atoms with Gasteiger partial charge in [0.05, 0.1) is 11.0 Å². The fourth-order valence-corrected chi connectivity index (χ4v) is 2.81. The van der Waals surface area contributed by atoms with E-state index in [0.29, 0.717) is 0 Å². The van der Waals surface area contributed by atoms with E-state index < -0.39 is 4.92 Å². The van der Waals surface area contributed by atoms with Gasteiger partial charge >= 0.3 is 0 Å². The molecule has 0 fully saturated rings. The van der Waals surface area contributed by atoms with Crippen molar-refractivity contribution >= 4 is 28.6 Å². The minimum atomic E-state index is -0.595. The maximum Gasteiger partial charge on any atom is 0.292 e. The first-order valence-corrected chi connectivity index (χ1v) is 7.29. The average molecular weight is 305 g/mol. The standard InChI is InChI=1S/C14H15N3O3S/c1-2-11(13-4-3-7-21-13)16-14(18)9-5-6-10(15)12(8-9)17(19)20/h3-8,11H,2,15H2,1H3,(H,16,18). The zero-order chi connectivity index (χ0) is 15.4. The van der Waals surface area contributed by atoms with E-state index in [4.69, 9.17) is 5.73 Å². The number of thiophene rings is 1. The van der Waals surface area contributed by atoms with E-state index in [9.17, 15) is 14.9 Å². The number of carbonyl (C=O) groups excluding carboxylic acids is 1. The summed E-state index contributed by atoms with van der Waals surface area (Å²) in [6, 6.07) is 7.83. The van der Waals surface area contributed by atoms with Crippen molar-refractivity contribution in [1.82, 2.24) is 5.32 Å². The SMILES string of the molecule is CCC(NC(=O)c1ccc(N)c([N+](=O)[O-])c1)c1cccs1. The number of hydrogen-bond acceptors (Lipinski definition) is 5.